The molecule has 1 fully saturated rings. The van der Waals surface area contributed by atoms with Crippen LogP contribution in [-0.2, 0) is 24.1 Å². The third-order valence-corrected chi connectivity index (χ3v) is 6.18. The minimum atomic E-state index is -0.514. The van der Waals surface area contributed by atoms with Gasteiger partial charge in [-0.15, -0.1) is 0 Å². The van der Waals surface area contributed by atoms with Crippen LogP contribution in [-0.4, -0.2) is 35.4 Å². The van der Waals surface area contributed by atoms with E-state index in [0.29, 0.717) is 28.3 Å². The second-order valence-electron chi connectivity index (χ2n) is 6.89. The smallest absolute Gasteiger partial charge is 0.177 e. The van der Waals surface area contributed by atoms with Crippen molar-refractivity contribution in [1.82, 2.24) is 14.9 Å². The van der Waals surface area contributed by atoms with E-state index >= 15 is 0 Å². The number of fused-ring (bicyclic) bond motifs is 1. The van der Waals surface area contributed by atoms with Crippen molar-refractivity contribution >= 4 is 28.1 Å². The van der Waals surface area contributed by atoms with Gasteiger partial charge in [-0.1, -0.05) is 0 Å². The molecule has 2 aliphatic heterocycles. The highest BCUT2D eigenvalue weighted by Crippen LogP contribution is 2.36. The second kappa shape index (κ2) is 7.50. The van der Waals surface area contributed by atoms with E-state index in [1.54, 1.807) is 0 Å². The molecule has 0 bridgehead atoms. The summed E-state index contributed by atoms with van der Waals surface area (Å²) in [6, 6.07) is 3.12. The third-order valence-electron chi connectivity index (χ3n) is 5.25. The van der Waals surface area contributed by atoms with Crippen LogP contribution in [0, 0.1) is 16.4 Å². The van der Waals surface area contributed by atoms with E-state index < -0.39 is 11.6 Å². The van der Waals surface area contributed by atoms with Crippen molar-refractivity contribution < 1.29 is 13.5 Å². The van der Waals surface area contributed by atoms with Crippen molar-refractivity contribution in [3.63, 3.8) is 0 Å². The molecule has 2 N–H and O–H groups in total. The molecule has 140 valence electrons. The first-order valence-electron chi connectivity index (χ1n) is 8.79. The quantitative estimate of drug-likeness (QED) is 0.544. The molecule has 1 aromatic heterocycles. The van der Waals surface area contributed by atoms with Crippen LogP contribution >= 0.6 is 28.1 Å². The molecule has 0 saturated carbocycles. The first-order chi connectivity index (χ1) is 12.5. The summed E-state index contributed by atoms with van der Waals surface area (Å²) in [5, 5.41) is 3.48. The van der Waals surface area contributed by atoms with Crippen molar-refractivity contribution in [2.24, 2.45) is 0 Å². The van der Waals surface area contributed by atoms with E-state index in [0.717, 1.165) is 44.0 Å². The Morgan fingerprint density at radius 1 is 1.38 bits per heavy atom. The predicted octanol–water partition coefficient (Wildman–Crippen LogP) is 3.85. The molecular formula is C18H20BrF2N3OS. The molecule has 0 spiro atoms. The van der Waals surface area contributed by atoms with E-state index in [2.05, 4.69) is 26.2 Å². The maximum atomic E-state index is 14.5. The Kier molecular flexibility index (Phi) is 5.27. The number of ether oxygens (including phenoxy) is 1. The number of nitrogens with one attached hydrogen (secondary N) is 2. The zero-order valence-corrected chi connectivity index (χ0v) is 16.6. The van der Waals surface area contributed by atoms with E-state index in [1.165, 1.54) is 12.1 Å². The second-order valence-corrected chi connectivity index (χ2v) is 8.13. The van der Waals surface area contributed by atoms with Gasteiger partial charge in [0.2, 0.25) is 0 Å². The Morgan fingerprint density at radius 2 is 2.23 bits per heavy atom. The largest absolute Gasteiger partial charge is 0.380 e. The fraction of sp³-hybridized carbons (Fsp3) is 0.500. The maximum absolute atomic E-state index is 14.5. The summed E-state index contributed by atoms with van der Waals surface area (Å²) in [7, 11) is 0. The number of imidazole rings is 1. The minimum absolute atomic E-state index is 0.143. The first-order valence-corrected chi connectivity index (χ1v) is 9.99. The molecule has 0 amide bonds. The van der Waals surface area contributed by atoms with Crippen LogP contribution in [0.5, 0.6) is 0 Å². The maximum Gasteiger partial charge on any atom is 0.177 e. The molecule has 0 aliphatic carbocycles. The fourth-order valence-corrected chi connectivity index (χ4v) is 4.57. The molecule has 8 heteroatoms. The van der Waals surface area contributed by atoms with Gasteiger partial charge in [0.15, 0.2) is 4.77 Å². The van der Waals surface area contributed by atoms with E-state index in [1.807, 2.05) is 4.57 Å². The predicted molar refractivity (Wildman–Crippen MR) is 101 cm³/mol. The number of hydrogen-bond acceptors (Lipinski definition) is 3. The van der Waals surface area contributed by atoms with Gasteiger partial charge in [0.05, 0.1) is 11.1 Å². The molecule has 2 atom stereocenters. The zero-order chi connectivity index (χ0) is 18.3. The highest BCUT2D eigenvalue weighted by molar-refractivity contribution is 9.10. The molecule has 26 heavy (non-hydrogen) atoms. The molecular weight excluding hydrogens is 424 g/mol. The average molecular weight is 444 g/mol. The molecule has 3 heterocycles. The molecule has 0 radical (unpaired) electrons. The van der Waals surface area contributed by atoms with Crippen LogP contribution in [0.2, 0.25) is 0 Å². The lowest BCUT2D eigenvalue weighted by Crippen LogP contribution is -2.31. The number of halogens is 3. The van der Waals surface area contributed by atoms with Gasteiger partial charge < -0.3 is 19.6 Å². The van der Waals surface area contributed by atoms with Crippen molar-refractivity contribution in [1.29, 1.82) is 0 Å². The Bertz CT molecular complexity index is 876. The van der Waals surface area contributed by atoms with E-state index in [9.17, 15) is 8.78 Å². The Hall–Kier alpha value is -1.09. The number of benzene rings is 1. The van der Waals surface area contributed by atoms with Crippen LogP contribution in [0.4, 0.5) is 8.78 Å². The Labute approximate surface area is 164 Å². The van der Waals surface area contributed by atoms with Gasteiger partial charge in [0.25, 0.3) is 0 Å². The molecule has 4 rings (SSSR count). The first kappa shape index (κ1) is 18.3. The average Bonchev–Trinajstić information content (AvgIpc) is 3.32. The monoisotopic (exact) mass is 443 g/mol. The summed E-state index contributed by atoms with van der Waals surface area (Å²) in [4.78, 5) is 3.26. The van der Waals surface area contributed by atoms with Crippen molar-refractivity contribution in [2.75, 3.05) is 19.8 Å². The van der Waals surface area contributed by atoms with Gasteiger partial charge in [0.1, 0.15) is 11.6 Å². The number of nitrogens with zero attached hydrogens (tertiary/aromatic N) is 1. The van der Waals surface area contributed by atoms with E-state index in [-0.39, 0.29) is 11.5 Å². The van der Waals surface area contributed by atoms with Crippen LogP contribution < -0.4 is 5.32 Å². The van der Waals surface area contributed by atoms with Gasteiger partial charge in [-0.05, 0) is 53.1 Å². The van der Waals surface area contributed by atoms with Gasteiger partial charge in [-0.25, -0.2) is 8.78 Å². The number of rotatable bonds is 5. The van der Waals surface area contributed by atoms with Crippen molar-refractivity contribution in [2.45, 2.75) is 37.8 Å². The summed E-state index contributed by atoms with van der Waals surface area (Å²) in [6.07, 6.45) is 2.42. The highest BCUT2D eigenvalue weighted by Gasteiger charge is 2.31. The van der Waals surface area contributed by atoms with Crippen LogP contribution in [0.1, 0.15) is 29.3 Å². The molecule has 4 nitrogen and oxygen atoms in total. The summed E-state index contributed by atoms with van der Waals surface area (Å²) in [6.45, 7) is 2.89. The molecule has 2 unspecified atom stereocenters. The molecule has 2 aliphatic rings. The Morgan fingerprint density at radius 3 is 3.00 bits per heavy atom. The zero-order valence-electron chi connectivity index (χ0n) is 14.2. The number of hydrogen-bond donors (Lipinski definition) is 2. The third kappa shape index (κ3) is 3.40. The molecule has 1 aromatic carbocycles. The van der Waals surface area contributed by atoms with Gasteiger partial charge in [-0.2, -0.15) is 0 Å². The summed E-state index contributed by atoms with van der Waals surface area (Å²) in [5.74, 6) is -1.25. The summed E-state index contributed by atoms with van der Waals surface area (Å²) >= 11 is 8.58. The van der Waals surface area contributed by atoms with Crippen LogP contribution in [0.3, 0.4) is 0 Å². The lowest BCUT2D eigenvalue weighted by atomic mass is 9.95. The SMILES string of the molecule is Fc1ccc(Br)c(F)c1C1Cc2c(CCNC3CCOC3)[nH]c(=S)n2C1. The molecule has 1 saturated heterocycles. The van der Waals surface area contributed by atoms with Crippen LogP contribution in [0.15, 0.2) is 16.6 Å². The number of aromatic nitrogens is 2. The van der Waals surface area contributed by atoms with E-state index in [4.69, 9.17) is 17.0 Å². The Balaban J connectivity index is 1.50. The van der Waals surface area contributed by atoms with Gasteiger partial charge >= 0.3 is 0 Å². The van der Waals surface area contributed by atoms with Crippen LogP contribution in [0.25, 0.3) is 0 Å². The normalized spacial score (nSPS) is 22.1. The highest BCUT2D eigenvalue weighted by atomic mass is 79.9. The summed E-state index contributed by atoms with van der Waals surface area (Å²) < 4.78 is 37.0. The lowest BCUT2D eigenvalue weighted by Gasteiger charge is -2.13. The summed E-state index contributed by atoms with van der Waals surface area (Å²) in [5.41, 5.74) is 2.26. The topological polar surface area (TPSA) is 42.0 Å². The fourth-order valence-electron chi connectivity index (χ4n) is 3.91. The standard InChI is InChI=1S/C18H20BrF2N3OS/c19-12-1-2-13(20)16(17(12)21)10-7-15-14(23-18(26)24(15)8-10)3-5-22-11-4-6-25-9-11/h1-2,10-11,22H,3-9H2,(H,23,26). The minimum Gasteiger partial charge on any atom is -0.380 e. The van der Waals surface area contributed by atoms with Gasteiger partial charge in [0, 0.05) is 55.0 Å². The van der Waals surface area contributed by atoms with Gasteiger partial charge in [-0.3, -0.25) is 0 Å². The number of H-pyrrole nitrogens is 1. The lowest BCUT2D eigenvalue weighted by molar-refractivity contribution is 0.190. The van der Waals surface area contributed by atoms with Crippen molar-refractivity contribution in [3.8, 4) is 0 Å². The molecule has 2 aromatic rings. The van der Waals surface area contributed by atoms with Crippen molar-refractivity contribution in [3.05, 3.63) is 50.0 Å². The number of aromatic amines is 1.